The number of anilines is 1. The number of ether oxygens (including phenoxy) is 1. The van der Waals surface area contributed by atoms with Gasteiger partial charge in [-0.05, 0) is 56.0 Å². The molecule has 1 unspecified atom stereocenters. The highest BCUT2D eigenvalue weighted by Crippen LogP contribution is 2.30. The van der Waals surface area contributed by atoms with E-state index < -0.39 is 0 Å². The van der Waals surface area contributed by atoms with Gasteiger partial charge in [-0.25, -0.2) is 0 Å². The van der Waals surface area contributed by atoms with Gasteiger partial charge in [0.05, 0.1) is 5.69 Å². The van der Waals surface area contributed by atoms with Gasteiger partial charge >= 0.3 is 0 Å². The Morgan fingerprint density at radius 2 is 2.08 bits per heavy atom. The highest BCUT2D eigenvalue weighted by atomic mass is 16.5. The largest absolute Gasteiger partial charge is 0.473 e. The molecule has 1 N–H and O–H groups in total. The summed E-state index contributed by atoms with van der Waals surface area (Å²) in [5, 5.41) is 12.2. The third-order valence-electron chi connectivity index (χ3n) is 5.82. The molecule has 3 atom stereocenters. The smallest absolute Gasteiger partial charge is 0.233 e. The van der Waals surface area contributed by atoms with Crippen molar-refractivity contribution in [2.75, 3.05) is 31.5 Å². The first-order chi connectivity index (χ1) is 12.3. The number of piperidine rings is 2. The molecule has 130 valence electrons. The summed E-state index contributed by atoms with van der Waals surface area (Å²) in [5.74, 6) is 1.31. The van der Waals surface area contributed by atoms with Gasteiger partial charge in [-0.2, -0.15) is 0 Å². The maximum Gasteiger partial charge on any atom is 0.233 e. The first-order valence-electron chi connectivity index (χ1n) is 9.45. The average Bonchev–Trinajstić information content (AvgIpc) is 3.13. The van der Waals surface area contributed by atoms with E-state index in [0.717, 1.165) is 37.2 Å². The van der Waals surface area contributed by atoms with E-state index >= 15 is 0 Å². The molecule has 2 bridgehead atoms. The number of rotatable bonds is 3. The van der Waals surface area contributed by atoms with Gasteiger partial charge < -0.3 is 15.0 Å². The molecule has 2 aromatic rings. The lowest BCUT2D eigenvalue weighted by Crippen LogP contribution is -2.49. The molecule has 2 fully saturated rings. The van der Waals surface area contributed by atoms with Gasteiger partial charge in [-0.3, -0.25) is 0 Å². The minimum atomic E-state index is 0.294. The molecule has 0 radical (unpaired) electrons. The summed E-state index contributed by atoms with van der Waals surface area (Å²) in [6, 6.07) is 10.5. The zero-order chi connectivity index (χ0) is 16.6. The zero-order valence-corrected chi connectivity index (χ0v) is 14.4. The Labute approximate surface area is 148 Å². The number of nitrogens with zero attached hydrogens (tertiary/aromatic N) is 3. The molecule has 5 nitrogen and oxygen atoms in total. The minimum absolute atomic E-state index is 0.294. The van der Waals surface area contributed by atoms with Crippen LogP contribution >= 0.6 is 0 Å². The summed E-state index contributed by atoms with van der Waals surface area (Å²) in [6.07, 6.45) is 5.05. The van der Waals surface area contributed by atoms with Crippen LogP contribution in [0.5, 0.6) is 5.88 Å². The molecule has 0 saturated carbocycles. The van der Waals surface area contributed by atoms with Gasteiger partial charge in [-0.1, -0.05) is 6.07 Å². The second-order valence-electron chi connectivity index (χ2n) is 7.45. The number of hydrogen-bond donors (Lipinski definition) is 1. The molecule has 1 aromatic heterocycles. The van der Waals surface area contributed by atoms with Gasteiger partial charge in [0.25, 0.3) is 0 Å². The fraction of sp³-hybridized carbons (Fsp3) is 0.500. The lowest BCUT2D eigenvalue weighted by atomic mass is 9.87. The van der Waals surface area contributed by atoms with Crippen LogP contribution in [0.1, 0.15) is 24.8 Å². The zero-order valence-electron chi connectivity index (χ0n) is 14.4. The van der Waals surface area contributed by atoms with Gasteiger partial charge in [0.1, 0.15) is 6.10 Å². The Kier molecular flexibility index (Phi) is 3.82. The third-order valence-corrected chi connectivity index (χ3v) is 5.82. The van der Waals surface area contributed by atoms with Crippen molar-refractivity contribution in [3.05, 3.63) is 35.9 Å². The molecule has 25 heavy (non-hydrogen) atoms. The standard InChI is InChI=1S/C20H24N4O/c1-2-16-13-24(10-1)11-8-19(16)25-20-6-5-18(22-23-20)14-3-4-17-15(12-14)7-9-21-17/h3-6,12,16,19,21H,1-2,7-11,13H2/t16-,19+/m1/s1. The topological polar surface area (TPSA) is 50.3 Å². The first-order valence-corrected chi connectivity index (χ1v) is 9.45. The summed E-state index contributed by atoms with van der Waals surface area (Å²) in [5.41, 5.74) is 4.65. The summed E-state index contributed by atoms with van der Waals surface area (Å²) in [4.78, 5) is 2.56. The second-order valence-corrected chi connectivity index (χ2v) is 7.45. The van der Waals surface area contributed by atoms with Gasteiger partial charge in [0.15, 0.2) is 0 Å². The van der Waals surface area contributed by atoms with E-state index in [-0.39, 0.29) is 0 Å². The normalized spacial score (nSPS) is 27.4. The lowest BCUT2D eigenvalue weighted by Gasteiger charge is -2.42. The molecule has 3 aliphatic heterocycles. The highest BCUT2D eigenvalue weighted by molar-refractivity contribution is 5.67. The van der Waals surface area contributed by atoms with Gasteiger partial charge in [-0.15, -0.1) is 10.2 Å². The Hall–Kier alpha value is -2.14. The van der Waals surface area contributed by atoms with Crippen LogP contribution in [0.15, 0.2) is 30.3 Å². The van der Waals surface area contributed by atoms with Crippen LogP contribution in [-0.2, 0) is 6.42 Å². The van der Waals surface area contributed by atoms with E-state index in [9.17, 15) is 0 Å². The predicted octanol–water partition coefficient (Wildman–Crippen LogP) is 2.97. The lowest BCUT2D eigenvalue weighted by molar-refractivity contribution is 0.0123. The van der Waals surface area contributed by atoms with Crippen molar-refractivity contribution < 1.29 is 4.74 Å². The first kappa shape index (κ1) is 15.1. The molecule has 5 heteroatoms. The molecule has 0 amide bonds. The maximum absolute atomic E-state index is 6.20. The van der Waals surface area contributed by atoms with Crippen molar-refractivity contribution in [1.82, 2.24) is 15.1 Å². The van der Waals surface area contributed by atoms with Crippen LogP contribution in [0, 0.1) is 5.92 Å². The second kappa shape index (κ2) is 6.30. The molecule has 0 aliphatic carbocycles. The van der Waals surface area contributed by atoms with Gasteiger partial charge in [0, 0.05) is 42.9 Å². The maximum atomic E-state index is 6.20. The van der Waals surface area contributed by atoms with Crippen LogP contribution in [-0.4, -0.2) is 47.4 Å². The predicted molar refractivity (Wildman–Crippen MR) is 97.9 cm³/mol. The Morgan fingerprint density at radius 1 is 1.08 bits per heavy atom. The molecule has 1 aromatic carbocycles. The van der Waals surface area contributed by atoms with E-state index in [2.05, 4.69) is 38.6 Å². The minimum Gasteiger partial charge on any atom is -0.473 e. The summed E-state index contributed by atoms with van der Waals surface area (Å²) in [6.45, 7) is 4.61. The van der Waals surface area contributed by atoms with Crippen LogP contribution in [0.3, 0.4) is 0 Å². The molecule has 0 spiro atoms. The van der Waals surface area contributed by atoms with Crippen molar-refractivity contribution in [1.29, 1.82) is 0 Å². The van der Waals surface area contributed by atoms with Crippen LogP contribution in [0.2, 0.25) is 0 Å². The SMILES string of the molecule is c1cc2c(cc1-c1ccc(O[C@H]3CCN4CCC[C@@H]3C4)nn1)CCN2. The van der Waals surface area contributed by atoms with E-state index in [1.54, 1.807) is 0 Å². The van der Waals surface area contributed by atoms with Crippen LogP contribution in [0.25, 0.3) is 11.3 Å². The molecular formula is C20H24N4O. The van der Waals surface area contributed by atoms with Crippen molar-refractivity contribution in [3.8, 4) is 17.1 Å². The van der Waals surface area contributed by atoms with E-state index in [1.165, 1.54) is 37.2 Å². The molecular weight excluding hydrogens is 312 g/mol. The quantitative estimate of drug-likeness (QED) is 0.934. The fourth-order valence-corrected chi connectivity index (χ4v) is 4.45. The number of nitrogens with one attached hydrogen (secondary N) is 1. The molecule has 4 heterocycles. The number of aromatic nitrogens is 2. The molecule has 2 saturated heterocycles. The summed E-state index contributed by atoms with van der Waals surface area (Å²) < 4.78 is 6.20. The number of fused-ring (bicyclic) bond motifs is 3. The summed E-state index contributed by atoms with van der Waals surface area (Å²) >= 11 is 0. The highest BCUT2D eigenvalue weighted by Gasteiger charge is 2.33. The van der Waals surface area contributed by atoms with Gasteiger partial charge in [0.2, 0.25) is 5.88 Å². The van der Waals surface area contributed by atoms with Crippen LogP contribution in [0.4, 0.5) is 5.69 Å². The van der Waals surface area contributed by atoms with Crippen molar-refractivity contribution in [3.63, 3.8) is 0 Å². The molecule has 5 rings (SSSR count). The molecule has 3 aliphatic rings. The van der Waals surface area contributed by atoms with E-state index in [1.807, 2.05) is 12.1 Å². The summed E-state index contributed by atoms with van der Waals surface area (Å²) in [7, 11) is 0. The van der Waals surface area contributed by atoms with E-state index in [4.69, 9.17) is 4.74 Å². The van der Waals surface area contributed by atoms with Crippen molar-refractivity contribution >= 4 is 5.69 Å². The van der Waals surface area contributed by atoms with Crippen LogP contribution < -0.4 is 10.1 Å². The third kappa shape index (κ3) is 2.97. The van der Waals surface area contributed by atoms with E-state index in [0.29, 0.717) is 17.9 Å². The number of hydrogen-bond acceptors (Lipinski definition) is 5. The Bertz CT molecular complexity index is 761. The van der Waals surface area contributed by atoms with Crippen molar-refractivity contribution in [2.45, 2.75) is 31.8 Å². The average molecular weight is 336 g/mol. The number of benzene rings is 1. The Morgan fingerprint density at radius 3 is 3.00 bits per heavy atom. The fourth-order valence-electron chi connectivity index (χ4n) is 4.45. The Balaban J connectivity index is 1.30. The van der Waals surface area contributed by atoms with Crippen molar-refractivity contribution in [2.24, 2.45) is 5.92 Å². The monoisotopic (exact) mass is 336 g/mol.